The van der Waals surface area contributed by atoms with E-state index in [1.165, 1.54) is 11.3 Å². The number of anilines is 3. The van der Waals surface area contributed by atoms with Crippen LogP contribution in [0.25, 0.3) is 0 Å². The molecular formula is C17H20N4. The second kappa shape index (κ2) is 5.56. The first-order chi connectivity index (χ1) is 10.2. The normalized spacial score (nSPS) is 16.7. The third-order valence-electron chi connectivity index (χ3n) is 3.70. The number of nitrogens with one attached hydrogen (secondary N) is 1. The molecule has 1 atom stereocenters. The number of fused-ring (bicyclic) bond motifs is 1. The number of rotatable bonds is 4. The Balaban J connectivity index is 2.00. The Labute approximate surface area is 125 Å². The van der Waals surface area contributed by atoms with Crippen LogP contribution < -0.4 is 10.2 Å². The van der Waals surface area contributed by atoms with Gasteiger partial charge in [-0.15, -0.1) is 6.58 Å². The van der Waals surface area contributed by atoms with Gasteiger partial charge in [0.2, 0.25) is 5.95 Å². The van der Waals surface area contributed by atoms with Crippen molar-refractivity contribution in [3.05, 3.63) is 54.2 Å². The molecule has 0 saturated heterocycles. The first kappa shape index (κ1) is 13.6. The van der Waals surface area contributed by atoms with Crippen molar-refractivity contribution in [1.82, 2.24) is 9.97 Å². The van der Waals surface area contributed by atoms with Crippen LogP contribution in [0.15, 0.2) is 43.0 Å². The monoisotopic (exact) mass is 280 g/mol. The molecule has 21 heavy (non-hydrogen) atoms. The summed E-state index contributed by atoms with van der Waals surface area (Å²) in [7, 11) is 0. The highest BCUT2D eigenvalue weighted by atomic mass is 15.3. The summed E-state index contributed by atoms with van der Waals surface area (Å²) in [6, 6.07) is 11.0. The molecule has 1 N–H and O–H groups in total. The van der Waals surface area contributed by atoms with E-state index in [2.05, 4.69) is 58.0 Å². The molecule has 1 aliphatic rings. The average molecular weight is 280 g/mol. The summed E-state index contributed by atoms with van der Waals surface area (Å²) in [5.41, 5.74) is 3.59. The number of aryl methyl sites for hydroxylation is 1. The molecule has 2 aromatic rings. The zero-order chi connectivity index (χ0) is 14.8. The summed E-state index contributed by atoms with van der Waals surface area (Å²) in [4.78, 5) is 11.4. The average Bonchev–Trinajstić information content (AvgIpc) is 2.80. The molecule has 0 saturated carbocycles. The summed E-state index contributed by atoms with van der Waals surface area (Å²) in [5, 5.41) is 3.17. The maximum Gasteiger partial charge on any atom is 0.225 e. The van der Waals surface area contributed by atoms with Crippen molar-refractivity contribution in [2.75, 3.05) is 16.8 Å². The second-order valence-electron chi connectivity index (χ2n) is 5.41. The van der Waals surface area contributed by atoms with Crippen LogP contribution in [-0.2, 0) is 6.42 Å². The number of hydrogen-bond acceptors (Lipinski definition) is 4. The molecule has 1 aliphatic heterocycles. The van der Waals surface area contributed by atoms with Gasteiger partial charge in [0.05, 0.1) is 0 Å². The highest BCUT2D eigenvalue weighted by Gasteiger charge is 2.28. The van der Waals surface area contributed by atoms with Gasteiger partial charge in [0.25, 0.3) is 0 Å². The lowest BCUT2D eigenvalue weighted by molar-refractivity contribution is 0.748. The van der Waals surface area contributed by atoms with Gasteiger partial charge in [-0.05, 0) is 31.9 Å². The molecule has 4 nitrogen and oxygen atoms in total. The van der Waals surface area contributed by atoms with E-state index in [1.807, 2.05) is 13.0 Å². The quantitative estimate of drug-likeness (QED) is 0.871. The molecule has 0 spiro atoms. The minimum Gasteiger partial charge on any atom is -0.351 e. The van der Waals surface area contributed by atoms with E-state index in [0.717, 1.165) is 17.9 Å². The van der Waals surface area contributed by atoms with E-state index in [0.29, 0.717) is 18.5 Å². The number of hydrogen-bond donors (Lipinski definition) is 1. The molecule has 1 unspecified atom stereocenters. The van der Waals surface area contributed by atoms with Crippen LogP contribution in [-0.4, -0.2) is 22.6 Å². The van der Waals surface area contributed by atoms with E-state index >= 15 is 0 Å². The van der Waals surface area contributed by atoms with Crippen LogP contribution in [0.5, 0.6) is 0 Å². The summed E-state index contributed by atoms with van der Waals surface area (Å²) >= 11 is 0. The Morgan fingerprint density at radius 2 is 2.19 bits per heavy atom. The van der Waals surface area contributed by atoms with E-state index < -0.39 is 0 Å². The smallest absolute Gasteiger partial charge is 0.225 e. The third-order valence-corrected chi connectivity index (χ3v) is 3.70. The second-order valence-corrected chi connectivity index (χ2v) is 5.41. The fourth-order valence-electron chi connectivity index (χ4n) is 2.83. The molecular weight excluding hydrogens is 260 g/mol. The van der Waals surface area contributed by atoms with Gasteiger partial charge >= 0.3 is 0 Å². The first-order valence-electron chi connectivity index (χ1n) is 7.26. The fourth-order valence-corrected chi connectivity index (χ4v) is 2.83. The lowest BCUT2D eigenvalue weighted by Crippen LogP contribution is -2.25. The highest BCUT2D eigenvalue weighted by Crippen LogP contribution is 2.37. The molecule has 3 rings (SSSR count). The molecule has 0 radical (unpaired) electrons. The largest absolute Gasteiger partial charge is 0.351 e. The number of aromatic nitrogens is 2. The van der Waals surface area contributed by atoms with Crippen LogP contribution in [0.3, 0.4) is 0 Å². The van der Waals surface area contributed by atoms with Crippen LogP contribution in [0.2, 0.25) is 0 Å². The molecule has 1 aromatic heterocycles. The van der Waals surface area contributed by atoms with Crippen LogP contribution in [0.4, 0.5) is 17.5 Å². The molecule has 1 aromatic carbocycles. The number of nitrogens with zero attached hydrogens (tertiary/aromatic N) is 3. The Bertz CT molecular complexity index is 666. The van der Waals surface area contributed by atoms with Crippen LogP contribution in [0.1, 0.15) is 18.2 Å². The van der Waals surface area contributed by atoms with Gasteiger partial charge in [-0.3, -0.25) is 0 Å². The van der Waals surface area contributed by atoms with E-state index in [1.54, 1.807) is 6.08 Å². The molecule has 4 heteroatoms. The van der Waals surface area contributed by atoms with Crippen molar-refractivity contribution in [2.45, 2.75) is 26.3 Å². The summed E-state index contributed by atoms with van der Waals surface area (Å²) in [5.74, 6) is 1.60. The van der Waals surface area contributed by atoms with Crippen LogP contribution >= 0.6 is 0 Å². The molecule has 0 aliphatic carbocycles. The van der Waals surface area contributed by atoms with Gasteiger partial charge in [0.15, 0.2) is 0 Å². The maximum atomic E-state index is 4.66. The third kappa shape index (κ3) is 2.61. The van der Waals surface area contributed by atoms with E-state index in [9.17, 15) is 0 Å². The Morgan fingerprint density at radius 1 is 1.38 bits per heavy atom. The highest BCUT2D eigenvalue weighted by molar-refractivity contribution is 5.69. The Hall–Kier alpha value is -2.36. The predicted octanol–water partition coefficient (Wildman–Crippen LogP) is 3.47. The van der Waals surface area contributed by atoms with Crippen molar-refractivity contribution in [3.8, 4) is 0 Å². The van der Waals surface area contributed by atoms with Gasteiger partial charge in [-0.1, -0.05) is 24.3 Å². The maximum absolute atomic E-state index is 4.66. The minimum atomic E-state index is 0.406. The topological polar surface area (TPSA) is 41.1 Å². The molecule has 0 bridgehead atoms. The minimum absolute atomic E-state index is 0.406. The zero-order valence-electron chi connectivity index (χ0n) is 12.5. The van der Waals surface area contributed by atoms with Crippen molar-refractivity contribution in [2.24, 2.45) is 0 Å². The van der Waals surface area contributed by atoms with Gasteiger partial charge in [0, 0.05) is 30.0 Å². The Morgan fingerprint density at radius 3 is 3.00 bits per heavy atom. The lowest BCUT2D eigenvalue weighted by atomic mass is 10.1. The van der Waals surface area contributed by atoms with Crippen molar-refractivity contribution in [1.29, 1.82) is 0 Å². The number of benzene rings is 1. The molecule has 0 fully saturated rings. The van der Waals surface area contributed by atoms with Crippen LogP contribution in [0, 0.1) is 6.92 Å². The van der Waals surface area contributed by atoms with Gasteiger partial charge < -0.3 is 10.2 Å². The van der Waals surface area contributed by atoms with Crippen molar-refractivity contribution < 1.29 is 0 Å². The molecule has 2 heterocycles. The van der Waals surface area contributed by atoms with E-state index in [-0.39, 0.29) is 0 Å². The van der Waals surface area contributed by atoms with Gasteiger partial charge in [0.1, 0.15) is 5.82 Å². The van der Waals surface area contributed by atoms with Crippen molar-refractivity contribution >= 4 is 17.5 Å². The molecule has 108 valence electrons. The number of para-hydroxylation sites is 1. The van der Waals surface area contributed by atoms with Gasteiger partial charge in [-0.2, -0.15) is 4.98 Å². The lowest BCUT2D eigenvalue weighted by Gasteiger charge is -2.24. The standard InChI is InChI=1S/C17H20N4/c1-4-9-18-17-19-12(2)10-16(20-17)21-13(3)11-14-7-5-6-8-15(14)21/h4-8,10,13H,1,9,11H2,2-3H3,(H,18,19,20). The summed E-state index contributed by atoms with van der Waals surface area (Å²) in [6.45, 7) is 8.60. The molecule has 0 amide bonds. The van der Waals surface area contributed by atoms with Gasteiger partial charge in [-0.25, -0.2) is 4.98 Å². The van der Waals surface area contributed by atoms with Crippen molar-refractivity contribution in [3.63, 3.8) is 0 Å². The summed E-state index contributed by atoms with van der Waals surface area (Å²) < 4.78 is 0. The zero-order valence-corrected chi connectivity index (χ0v) is 12.5. The Kier molecular flexibility index (Phi) is 3.60. The first-order valence-corrected chi connectivity index (χ1v) is 7.26. The fraction of sp³-hybridized carbons (Fsp3) is 0.294. The summed E-state index contributed by atoms with van der Waals surface area (Å²) in [6.07, 6.45) is 2.85. The van der Waals surface area contributed by atoms with E-state index in [4.69, 9.17) is 0 Å². The predicted molar refractivity (Wildman–Crippen MR) is 87.2 cm³/mol. The SMILES string of the molecule is C=CCNc1nc(C)cc(N2c3ccccc3CC2C)n1.